The zero-order valence-electron chi connectivity index (χ0n) is 18.8. The molecule has 172 valence electrons. The van der Waals surface area contributed by atoms with E-state index in [0.29, 0.717) is 40.6 Å². The minimum atomic E-state index is -0.237. The maximum absolute atomic E-state index is 13.4. The molecule has 2 aromatic carbocycles. The van der Waals surface area contributed by atoms with Gasteiger partial charge in [-0.1, -0.05) is 42.1 Å². The summed E-state index contributed by atoms with van der Waals surface area (Å²) < 4.78 is 8.54. The molecule has 1 N–H and O–H groups in total. The number of hydrogen-bond acceptors (Lipinski definition) is 6. The Kier molecular flexibility index (Phi) is 7.11. The Bertz CT molecular complexity index is 1420. The first-order chi connectivity index (χ1) is 16.5. The largest absolute Gasteiger partial charge is 0.383 e. The van der Waals surface area contributed by atoms with Crippen LogP contribution in [0, 0.1) is 11.3 Å². The fraction of sp³-hybridized carbons (Fsp3) is 0.200. The molecule has 0 aliphatic carbocycles. The van der Waals surface area contributed by atoms with E-state index in [-0.39, 0.29) is 17.2 Å². The van der Waals surface area contributed by atoms with Gasteiger partial charge in [0.25, 0.3) is 5.56 Å². The number of aryl methyl sites for hydroxylation is 1. The number of nitrogens with one attached hydrogen (secondary N) is 1. The Morgan fingerprint density at radius 1 is 1.18 bits per heavy atom. The Hall–Kier alpha value is -3.87. The van der Waals surface area contributed by atoms with E-state index in [1.807, 2.05) is 49.6 Å². The molecule has 0 bridgehead atoms. The normalized spacial score (nSPS) is 10.9. The van der Waals surface area contributed by atoms with Gasteiger partial charge >= 0.3 is 0 Å². The average Bonchev–Trinajstić information content (AvgIpc) is 3.19. The van der Waals surface area contributed by atoms with E-state index in [2.05, 4.69) is 5.32 Å². The molecule has 1 amide bonds. The van der Waals surface area contributed by atoms with Gasteiger partial charge in [-0.3, -0.25) is 14.2 Å². The van der Waals surface area contributed by atoms with E-state index in [4.69, 9.17) is 15.0 Å². The second kappa shape index (κ2) is 10.4. The highest BCUT2D eigenvalue weighted by molar-refractivity contribution is 7.99. The number of amides is 1. The minimum absolute atomic E-state index is 0.0679. The van der Waals surface area contributed by atoms with E-state index >= 15 is 0 Å². The topological polar surface area (TPSA) is 102 Å². The number of nitrogens with zero attached hydrogens (tertiary/aromatic N) is 4. The summed E-state index contributed by atoms with van der Waals surface area (Å²) >= 11 is 1.20. The standard InChI is InChI=1S/C25H23N5O3S/c1-29-15-20(18-6-4-3-5-7-18)22-23(29)24(32)30(12-13-33-2)25(28-22)34-16-21(31)27-19-10-8-17(14-26)9-11-19/h3-11,15H,12-13,16H2,1-2H3,(H,27,31). The van der Waals surface area contributed by atoms with Crippen LogP contribution in [0.3, 0.4) is 0 Å². The molecule has 9 heteroatoms. The van der Waals surface area contributed by atoms with Crippen molar-refractivity contribution in [3.63, 3.8) is 0 Å². The summed E-state index contributed by atoms with van der Waals surface area (Å²) in [5.74, 6) is -0.169. The van der Waals surface area contributed by atoms with Crippen molar-refractivity contribution in [1.29, 1.82) is 5.26 Å². The quantitative estimate of drug-likeness (QED) is 0.310. The molecule has 4 aromatic rings. The molecule has 0 aliphatic heterocycles. The van der Waals surface area contributed by atoms with Crippen LogP contribution in [0.25, 0.3) is 22.2 Å². The van der Waals surface area contributed by atoms with Crippen molar-refractivity contribution in [2.24, 2.45) is 7.05 Å². The van der Waals surface area contributed by atoms with Gasteiger partial charge in [0.15, 0.2) is 5.16 Å². The molecule has 0 spiro atoms. The third-order valence-electron chi connectivity index (χ3n) is 5.27. The molecule has 2 heterocycles. The van der Waals surface area contributed by atoms with Crippen LogP contribution < -0.4 is 10.9 Å². The molecule has 0 fully saturated rings. The van der Waals surface area contributed by atoms with Crippen LogP contribution in [0.1, 0.15) is 5.56 Å². The molecule has 0 saturated carbocycles. The lowest BCUT2D eigenvalue weighted by Crippen LogP contribution is -2.27. The number of anilines is 1. The predicted molar refractivity (Wildman–Crippen MR) is 133 cm³/mol. The molecule has 0 saturated heterocycles. The fourth-order valence-corrected chi connectivity index (χ4v) is 4.44. The molecule has 8 nitrogen and oxygen atoms in total. The molecule has 0 aliphatic rings. The van der Waals surface area contributed by atoms with Gasteiger partial charge in [-0.15, -0.1) is 0 Å². The Morgan fingerprint density at radius 3 is 2.59 bits per heavy atom. The first-order valence-electron chi connectivity index (χ1n) is 10.6. The third-order valence-corrected chi connectivity index (χ3v) is 6.25. The first-order valence-corrected chi connectivity index (χ1v) is 11.6. The summed E-state index contributed by atoms with van der Waals surface area (Å²) in [5.41, 5.74) is 3.86. The number of nitriles is 1. The van der Waals surface area contributed by atoms with Gasteiger partial charge in [-0.2, -0.15) is 5.26 Å². The zero-order valence-corrected chi connectivity index (χ0v) is 19.6. The van der Waals surface area contributed by atoms with Crippen LogP contribution in [0.15, 0.2) is 70.7 Å². The van der Waals surface area contributed by atoms with Crippen molar-refractivity contribution in [3.05, 3.63) is 76.7 Å². The lowest BCUT2D eigenvalue weighted by molar-refractivity contribution is -0.113. The maximum Gasteiger partial charge on any atom is 0.278 e. The molecule has 2 aromatic heterocycles. The van der Waals surface area contributed by atoms with E-state index in [9.17, 15) is 9.59 Å². The minimum Gasteiger partial charge on any atom is -0.383 e. The van der Waals surface area contributed by atoms with Crippen LogP contribution >= 0.6 is 11.8 Å². The van der Waals surface area contributed by atoms with Crippen molar-refractivity contribution in [3.8, 4) is 17.2 Å². The van der Waals surface area contributed by atoms with E-state index in [1.165, 1.54) is 11.8 Å². The van der Waals surface area contributed by atoms with Gasteiger partial charge in [0, 0.05) is 31.6 Å². The second-order valence-electron chi connectivity index (χ2n) is 7.59. The monoisotopic (exact) mass is 473 g/mol. The number of fused-ring (bicyclic) bond motifs is 1. The van der Waals surface area contributed by atoms with Crippen molar-refractivity contribution < 1.29 is 9.53 Å². The molecule has 0 unspecified atom stereocenters. The van der Waals surface area contributed by atoms with Gasteiger partial charge in [0.05, 0.1) is 30.5 Å². The Morgan fingerprint density at radius 2 is 1.91 bits per heavy atom. The number of methoxy groups -OCH3 is 1. The highest BCUT2D eigenvalue weighted by Crippen LogP contribution is 2.29. The van der Waals surface area contributed by atoms with Crippen LogP contribution in [0.2, 0.25) is 0 Å². The number of carbonyl (C=O) groups is 1. The number of ether oxygens (including phenoxy) is 1. The summed E-state index contributed by atoms with van der Waals surface area (Å²) in [7, 11) is 3.40. The Labute approximate surface area is 200 Å². The predicted octanol–water partition coefficient (Wildman–Crippen LogP) is 3.65. The fourth-order valence-electron chi connectivity index (χ4n) is 3.62. The molecule has 34 heavy (non-hydrogen) atoms. The summed E-state index contributed by atoms with van der Waals surface area (Å²) in [6.07, 6.45) is 1.90. The average molecular weight is 474 g/mol. The van der Waals surface area contributed by atoms with E-state index < -0.39 is 0 Å². The third kappa shape index (κ3) is 4.88. The van der Waals surface area contributed by atoms with Gasteiger partial charge in [-0.25, -0.2) is 4.98 Å². The number of aromatic nitrogens is 3. The summed E-state index contributed by atoms with van der Waals surface area (Å²) in [5, 5.41) is 12.2. The van der Waals surface area contributed by atoms with Crippen LogP contribution in [-0.2, 0) is 23.1 Å². The SMILES string of the molecule is COCCn1c(SCC(=O)Nc2ccc(C#N)cc2)nc2c(-c3ccccc3)cn(C)c2c1=O. The van der Waals surface area contributed by atoms with E-state index in [0.717, 1.165) is 11.1 Å². The van der Waals surface area contributed by atoms with Crippen LogP contribution in [0.4, 0.5) is 5.69 Å². The van der Waals surface area contributed by atoms with Gasteiger partial charge in [-0.05, 0) is 29.8 Å². The zero-order chi connectivity index (χ0) is 24.1. The maximum atomic E-state index is 13.4. The van der Waals surface area contributed by atoms with Gasteiger partial charge in [0.2, 0.25) is 5.91 Å². The van der Waals surface area contributed by atoms with Crippen LogP contribution in [-0.4, -0.2) is 39.5 Å². The van der Waals surface area contributed by atoms with Crippen molar-refractivity contribution >= 4 is 34.4 Å². The number of benzene rings is 2. The number of carbonyl (C=O) groups excluding carboxylic acids is 1. The molecular formula is C25H23N5O3S. The highest BCUT2D eigenvalue weighted by atomic mass is 32.2. The summed E-state index contributed by atoms with van der Waals surface area (Å²) in [6, 6.07) is 18.5. The lowest BCUT2D eigenvalue weighted by atomic mass is 10.1. The van der Waals surface area contributed by atoms with Gasteiger partial charge < -0.3 is 14.6 Å². The summed E-state index contributed by atoms with van der Waals surface area (Å²) in [4.78, 5) is 30.8. The van der Waals surface area contributed by atoms with Crippen molar-refractivity contribution in [2.75, 3.05) is 24.8 Å². The summed E-state index contributed by atoms with van der Waals surface area (Å²) in [6.45, 7) is 0.664. The van der Waals surface area contributed by atoms with Gasteiger partial charge in [0.1, 0.15) is 11.0 Å². The smallest absolute Gasteiger partial charge is 0.278 e. The lowest BCUT2D eigenvalue weighted by Gasteiger charge is -2.12. The molecular weight excluding hydrogens is 450 g/mol. The second-order valence-corrected chi connectivity index (χ2v) is 8.53. The number of rotatable bonds is 8. The molecule has 4 rings (SSSR count). The van der Waals surface area contributed by atoms with Crippen molar-refractivity contribution in [1.82, 2.24) is 14.1 Å². The molecule has 0 radical (unpaired) electrons. The highest BCUT2D eigenvalue weighted by Gasteiger charge is 2.19. The number of hydrogen-bond donors (Lipinski definition) is 1. The van der Waals surface area contributed by atoms with E-state index in [1.54, 1.807) is 40.5 Å². The van der Waals surface area contributed by atoms with Crippen molar-refractivity contribution in [2.45, 2.75) is 11.7 Å². The first kappa shape index (κ1) is 23.3. The van der Waals surface area contributed by atoms with Crippen LogP contribution in [0.5, 0.6) is 0 Å². The molecule has 0 atom stereocenters. The number of thioether (sulfide) groups is 1. The Balaban J connectivity index is 1.66.